The summed E-state index contributed by atoms with van der Waals surface area (Å²) in [5.74, 6) is -1.98. The van der Waals surface area contributed by atoms with Gasteiger partial charge in [0.1, 0.15) is 0 Å². The van der Waals surface area contributed by atoms with E-state index in [1.165, 1.54) is 0 Å². The van der Waals surface area contributed by atoms with Crippen LogP contribution in [0.1, 0.15) is 5.56 Å². The summed E-state index contributed by atoms with van der Waals surface area (Å²) in [6, 6.07) is 3.60. The van der Waals surface area contributed by atoms with Crippen molar-refractivity contribution in [1.29, 1.82) is 0 Å². The number of rotatable bonds is 1. The molecule has 1 heterocycles. The zero-order valence-corrected chi connectivity index (χ0v) is 9.72. The smallest absolute Gasteiger partial charge is 0.160 e. The summed E-state index contributed by atoms with van der Waals surface area (Å²) in [7, 11) is 0. The summed E-state index contributed by atoms with van der Waals surface area (Å²) in [5, 5.41) is 0.0759. The maximum absolute atomic E-state index is 13.2. The third-order valence-electron chi connectivity index (χ3n) is 2.32. The fourth-order valence-electron chi connectivity index (χ4n) is 1.52. The molecule has 0 aliphatic heterocycles. The Hall–Kier alpha value is -1.68. The van der Waals surface area contributed by atoms with Crippen molar-refractivity contribution >= 4 is 17.3 Å². The third kappa shape index (κ3) is 2.22. The standard InChI is InChI=1S/C12H9ClF2N2/c1-6-2-11(16)12(17-5-6)7-3-9(14)10(15)4-8(7)13/h2-5H,16H2,1H3. The minimum Gasteiger partial charge on any atom is -0.397 e. The number of nitrogens with two attached hydrogens (primary N) is 1. The molecular weight excluding hydrogens is 246 g/mol. The van der Waals surface area contributed by atoms with Gasteiger partial charge in [-0.3, -0.25) is 4.98 Å². The van der Waals surface area contributed by atoms with E-state index < -0.39 is 11.6 Å². The van der Waals surface area contributed by atoms with Gasteiger partial charge in [0.15, 0.2) is 11.6 Å². The number of pyridine rings is 1. The molecule has 0 unspecified atom stereocenters. The second-order valence-electron chi connectivity index (χ2n) is 3.70. The number of nitrogens with zero attached hydrogens (tertiary/aromatic N) is 1. The number of aromatic nitrogens is 1. The summed E-state index contributed by atoms with van der Waals surface area (Å²) < 4.78 is 26.1. The molecule has 0 spiro atoms. The summed E-state index contributed by atoms with van der Waals surface area (Å²) in [6.45, 7) is 1.83. The van der Waals surface area contributed by atoms with Gasteiger partial charge < -0.3 is 5.73 Å². The number of hydrogen-bond acceptors (Lipinski definition) is 2. The van der Waals surface area contributed by atoms with Crippen LogP contribution < -0.4 is 5.73 Å². The van der Waals surface area contributed by atoms with E-state index in [2.05, 4.69) is 4.98 Å². The predicted octanol–water partition coefficient (Wildman–Crippen LogP) is 3.57. The van der Waals surface area contributed by atoms with Gasteiger partial charge in [0.25, 0.3) is 0 Å². The van der Waals surface area contributed by atoms with Crippen molar-refractivity contribution in [2.24, 2.45) is 0 Å². The number of hydrogen-bond donors (Lipinski definition) is 1. The minimum absolute atomic E-state index is 0.0759. The van der Waals surface area contributed by atoms with Crippen LogP contribution in [0, 0.1) is 18.6 Å². The molecule has 0 bridgehead atoms. The first kappa shape index (κ1) is 11.8. The second-order valence-corrected chi connectivity index (χ2v) is 4.10. The van der Waals surface area contributed by atoms with Crippen molar-refractivity contribution in [3.63, 3.8) is 0 Å². The number of benzene rings is 1. The van der Waals surface area contributed by atoms with Crippen LogP contribution in [0.2, 0.25) is 5.02 Å². The molecule has 88 valence electrons. The minimum atomic E-state index is -0.996. The average molecular weight is 255 g/mol. The SMILES string of the molecule is Cc1cnc(-c2cc(F)c(F)cc2Cl)c(N)c1. The van der Waals surface area contributed by atoms with Crippen LogP contribution in [0.3, 0.4) is 0 Å². The van der Waals surface area contributed by atoms with Gasteiger partial charge in [-0.1, -0.05) is 11.6 Å². The largest absolute Gasteiger partial charge is 0.397 e. The van der Waals surface area contributed by atoms with E-state index >= 15 is 0 Å². The van der Waals surface area contributed by atoms with E-state index in [-0.39, 0.29) is 10.6 Å². The van der Waals surface area contributed by atoms with Crippen LogP contribution in [-0.2, 0) is 0 Å². The molecule has 0 radical (unpaired) electrons. The highest BCUT2D eigenvalue weighted by atomic mass is 35.5. The van der Waals surface area contributed by atoms with E-state index in [0.717, 1.165) is 17.7 Å². The Labute approximate surface area is 102 Å². The van der Waals surface area contributed by atoms with E-state index in [9.17, 15) is 8.78 Å². The summed E-state index contributed by atoms with van der Waals surface area (Å²) in [5.41, 5.74) is 7.65. The highest BCUT2D eigenvalue weighted by Gasteiger charge is 2.13. The molecule has 0 atom stereocenters. The van der Waals surface area contributed by atoms with E-state index in [1.807, 2.05) is 6.92 Å². The summed E-state index contributed by atoms with van der Waals surface area (Å²) in [4.78, 5) is 4.08. The van der Waals surface area contributed by atoms with Gasteiger partial charge in [-0.25, -0.2) is 8.78 Å². The highest BCUT2D eigenvalue weighted by Crippen LogP contribution is 2.32. The van der Waals surface area contributed by atoms with Crippen LogP contribution in [0.15, 0.2) is 24.4 Å². The Bertz CT molecular complexity index is 585. The van der Waals surface area contributed by atoms with Crippen LogP contribution in [0.4, 0.5) is 14.5 Å². The average Bonchev–Trinajstić information content (AvgIpc) is 2.24. The van der Waals surface area contributed by atoms with Crippen molar-refractivity contribution in [3.05, 3.63) is 46.6 Å². The molecule has 0 amide bonds. The first-order valence-electron chi connectivity index (χ1n) is 4.86. The molecule has 1 aromatic carbocycles. The normalized spacial score (nSPS) is 10.6. The molecule has 0 saturated heterocycles. The molecule has 0 aliphatic carbocycles. The van der Waals surface area contributed by atoms with Crippen molar-refractivity contribution in [2.45, 2.75) is 6.92 Å². The summed E-state index contributed by atoms with van der Waals surface area (Å²) >= 11 is 5.85. The third-order valence-corrected chi connectivity index (χ3v) is 2.63. The van der Waals surface area contributed by atoms with E-state index in [1.54, 1.807) is 12.3 Å². The molecule has 17 heavy (non-hydrogen) atoms. The van der Waals surface area contributed by atoms with Crippen molar-refractivity contribution < 1.29 is 8.78 Å². The predicted molar refractivity (Wildman–Crippen MR) is 63.7 cm³/mol. The van der Waals surface area contributed by atoms with Crippen molar-refractivity contribution in [3.8, 4) is 11.3 Å². The maximum atomic E-state index is 13.2. The van der Waals surface area contributed by atoms with Gasteiger partial charge in [-0.2, -0.15) is 0 Å². The van der Waals surface area contributed by atoms with Crippen molar-refractivity contribution in [2.75, 3.05) is 5.73 Å². The van der Waals surface area contributed by atoms with Gasteiger partial charge in [-0.15, -0.1) is 0 Å². The topological polar surface area (TPSA) is 38.9 Å². The molecule has 2 N–H and O–H groups in total. The quantitative estimate of drug-likeness (QED) is 0.790. The Morgan fingerprint density at radius 1 is 1.18 bits per heavy atom. The molecule has 2 aromatic rings. The number of aryl methyl sites for hydroxylation is 1. The first-order valence-corrected chi connectivity index (χ1v) is 5.24. The monoisotopic (exact) mass is 254 g/mol. The molecule has 0 saturated carbocycles. The first-order chi connectivity index (χ1) is 7.99. The second kappa shape index (κ2) is 4.30. The van der Waals surface area contributed by atoms with Crippen LogP contribution in [0.5, 0.6) is 0 Å². The molecule has 5 heteroatoms. The number of anilines is 1. The van der Waals surface area contributed by atoms with E-state index in [4.69, 9.17) is 17.3 Å². The number of nitrogen functional groups attached to an aromatic ring is 1. The molecule has 1 aromatic heterocycles. The van der Waals surface area contributed by atoms with Gasteiger partial charge in [0.05, 0.1) is 16.4 Å². The van der Waals surface area contributed by atoms with E-state index in [0.29, 0.717) is 11.4 Å². The van der Waals surface area contributed by atoms with Gasteiger partial charge >= 0.3 is 0 Å². The van der Waals surface area contributed by atoms with Gasteiger partial charge in [0.2, 0.25) is 0 Å². The Balaban J connectivity index is 2.64. The Kier molecular flexibility index (Phi) is 2.98. The summed E-state index contributed by atoms with van der Waals surface area (Å²) in [6.07, 6.45) is 1.59. The molecule has 2 nitrogen and oxygen atoms in total. The van der Waals surface area contributed by atoms with Crippen LogP contribution >= 0.6 is 11.6 Å². The fourth-order valence-corrected chi connectivity index (χ4v) is 1.76. The van der Waals surface area contributed by atoms with Gasteiger partial charge in [0, 0.05) is 11.8 Å². The molecule has 0 fully saturated rings. The lowest BCUT2D eigenvalue weighted by Crippen LogP contribution is -1.96. The Morgan fingerprint density at radius 2 is 1.82 bits per heavy atom. The lowest BCUT2D eigenvalue weighted by molar-refractivity contribution is 0.509. The number of halogens is 3. The molecular formula is C12H9ClF2N2. The maximum Gasteiger partial charge on any atom is 0.160 e. The zero-order chi connectivity index (χ0) is 12.6. The molecule has 0 aliphatic rings. The lowest BCUT2D eigenvalue weighted by Gasteiger charge is -2.08. The van der Waals surface area contributed by atoms with Crippen molar-refractivity contribution in [1.82, 2.24) is 4.98 Å². The highest BCUT2D eigenvalue weighted by molar-refractivity contribution is 6.33. The Morgan fingerprint density at radius 3 is 2.47 bits per heavy atom. The van der Waals surface area contributed by atoms with Crippen LogP contribution in [-0.4, -0.2) is 4.98 Å². The fraction of sp³-hybridized carbons (Fsp3) is 0.0833. The van der Waals surface area contributed by atoms with Crippen LogP contribution in [0.25, 0.3) is 11.3 Å². The lowest BCUT2D eigenvalue weighted by atomic mass is 10.1. The zero-order valence-electron chi connectivity index (χ0n) is 8.97. The molecule has 2 rings (SSSR count). The van der Waals surface area contributed by atoms with Gasteiger partial charge in [-0.05, 0) is 30.7 Å².